The fourth-order valence-electron chi connectivity index (χ4n) is 3.16. The van der Waals surface area contributed by atoms with Crippen LogP contribution < -0.4 is 10.6 Å². The van der Waals surface area contributed by atoms with Crippen molar-refractivity contribution in [1.29, 1.82) is 0 Å². The van der Waals surface area contributed by atoms with Crippen molar-refractivity contribution in [3.05, 3.63) is 29.8 Å². The third-order valence-electron chi connectivity index (χ3n) is 4.76. The molecule has 4 amide bonds. The van der Waals surface area contributed by atoms with Crippen LogP contribution in [0.15, 0.2) is 24.3 Å². The lowest BCUT2D eigenvalue weighted by Gasteiger charge is -2.34. The van der Waals surface area contributed by atoms with Crippen molar-refractivity contribution in [2.45, 2.75) is 38.8 Å². The summed E-state index contributed by atoms with van der Waals surface area (Å²) in [5.41, 5.74) is 0.566. The van der Waals surface area contributed by atoms with Crippen molar-refractivity contribution in [3.63, 3.8) is 0 Å². The van der Waals surface area contributed by atoms with Crippen LogP contribution in [0.5, 0.6) is 5.75 Å². The van der Waals surface area contributed by atoms with Crippen LogP contribution in [-0.2, 0) is 0 Å². The van der Waals surface area contributed by atoms with Gasteiger partial charge in [0, 0.05) is 32.2 Å². The van der Waals surface area contributed by atoms with Crippen molar-refractivity contribution in [1.82, 2.24) is 20.4 Å². The van der Waals surface area contributed by atoms with E-state index in [0.717, 1.165) is 0 Å². The van der Waals surface area contributed by atoms with Gasteiger partial charge in [-0.05, 0) is 44.4 Å². The minimum atomic E-state index is -0.873. The van der Waals surface area contributed by atoms with E-state index in [1.165, 1.54) is 12.1 Å². The molecule has 0 saturated carbocycles. The molecule has 8 heteroatoms. The summed E-state index contributed by atoms with van der Waals surface area (Å²) < 4.78 is 0. The van der Waals surface area contributed by atoms with Gasteiger partial charge in [-0.1, -0.05) is 12.1 Å². The van der Waals surface area contributed by atoms with E-state index < -0.39 is 6.10 Å². The Bertz CT molecular complexity index is 632. The summed E-state index contributed by atoms with van der Waals surface area (Å²) in [6, 6.07) is 6.12. The SMILES string of the molecule is CCNC(=O)N1CCC(NC(=O)N(CC)C[C@@H](O)c2cccc(O)c2)CC1. The fourth-order valence-corrected chi connectivity index (χ4v) is 3.16. The number of likely N-dealkylation sites (tertiary alicyclic amines) is 1. The van der Waals surface area contributed by atoms with E-state index in [-0.39, 0.29) is 30.4 Å². The van der Waals surface area contributed by atoms with Crippen LogP contribution in [0.2, 0.25) is 0 Å². The topological polar surface area (TPSA) is 105 Å². The second-order valence-electron chi connectivity index (χ2n) is 6.70. The summed E-state index contributed by atoms with van der Waals surface area (Å²) >= 11 is 0. The second-order valence-corrected chi connectivity index (χ2v) is 6.70. The van der Waals surface area contributed by atoms with E-state index in [9.17, 15) is 19.8 Å². The number of benzene rings is 1. The van der Waals surface area contributed by atoms with Gasteiger partial charge >= 0.3 is 12.1 Å². The molecule has 27 heavy (non-hydrogen) atoms. The van der Waals surface area contributed by atoms with Gasteiger partial charge in [0.25, 0.3) is 0 Å². The number of likely N-dealkylation sites (N-methyl/N-ethyl adjacent to an activating group) is 1. The lowest BCUT2D eigenvalue weighted by atomic mass is 10.1. The molecular formula is C19H30N4O4. The highest BCUT2D eigenvalue weighted by Crippen LogP contribution is 2.19. The Labute approximate surface area is 160 Å². The number of carbonyl (C=O) groups excluding carboxylic acids is 2. The van der Waals surface area contributed by atoms with Crippen LogP contribution in [0.25, 0.3) is 0 Å². The van der Waals surface area contributed by atoms with Gasteiger partial charge in [0.1, 0.15) is 5.75 Å². The van der Waals surface area contributed by atoms with Crippen molar-refractivity contribution in [3.8, 4) is 5.75 Å². The van der Waals surface area contributed by atoms with Gasteiger partial charge in [0.15, 0.2) is 0 Å². The minimum Gasteiger partial charge on any atom is -0.508 e. The molecule has 1 fully saturated rings. The first-order valence-electron chi connectivity index (χ1n) is 9.49. The first-order valence-corrected chi connectivity index (χ1v) is 9.49. The van der Waals surface area contributed by atoms with E-state index in [1.807, 2.05) is 13.8 Å². The number of nitrogens with zero attached hydrogens (tertiary/aromatic N) is 2. The lowest BCUT2D eigenvalue weighted by Crippen LogP contribution is -2.52. The van der Waals surface area contributed by atoms with Gasteiger partial charge in [-0.15, -0.1) is 0 Å². The van der Waals surface area contributed by atoms with Crippen molar-refractivity contribution >= 4 is 12.1 Å². The van der Waals surface area contributed by atoms with Crippen LogP contribution >= 0.6 is 0 Å². The summed E-state index contributed by atoms with van der Waals surface area (Å²) in [6.45, 7) is 6.15. The number of amides is 4. The molecule has 8 nitrogen and oxygen atoms in total. The van der Waals surface area contributed by atoms with Crippen LogP contribution in [0, 0.1) is 0 Å². The van der Waals surface area contributed by atoms with Crippen LogP contribution in [-0.4, -0.2) is 70.8 Å². The van der Waals surface area contributed by atoms with Gasteiger partial charge in [0.05, 0.1) is 12.6 Å². The molecule has 0 bridgehead atoms. The van der Waals surface area contributed by atoms with E-state index in [1.54, 1.807) is 21.9 Å². The summed E-state index contributed by atoms with van der Waals surface area (Å²) in [5, 5.41) is 25.7. The average Bonchev–Trinajstić information content (AvgIpc) is 2.66. The molecule has 1 aliphatic rings. The normalized spacial score (nSPS) is 15.9. The third kappa shape index (κ3) is 6.02. The quantitative estimate of drug-likeness (QED) is 0.604. The highest BCUT2D eigenvalue weighted by molar-refractivity contribution is 5.75. The second kappa shape index (κ2) is 10.0. The van der Waals surface area contributed by atoms with Gasteiger partial charge in [-0.25, -0.2) is 9.59 Å². The molecule has 1 aliphatic heterocycles. The smallest absolute Gasteiger partial charge is 0.317 e. The summed E-state index contributed by atoms with van der Waals surface area (Å²) in [7, 11) is 0. The number of phenolic OH excluding ortho intramolecular Hbond substituents is 1. The molecule has 150 valence electrons. The highest BCUT2D eigenvalue weighted by Gasteiger charge is 2.25. The molecule has 1 saturated heterocycles. The Morgan fingerprint density at radius 2 is 2.00 bits per heavy atom. The number of piperidine rings is 1. The molecule has 0 aliphatic carbocycles. The number of aromatic hydroxyl groups is 1. The van der Waals surface area contributed by atoms with Gasteiger partial charge in [-0.2, -0.15) is 0 Å². The number of aliphatic hydroxyl groups excluding tert-OH is 1. The van der Waals surface area contributed by atoms with E-state index in [4.69, 9.17) is 0 Å². The fraction of sp³-hybridized carbons (Fsp3) is 0.579. The number of phenols is 1. The molecule has 0 radical (unpaired) electrons. The number of urea groups is 2. The zero-order chi connectivity index (χ0) is 19.8. The van der Waals surface area contributed by atoms with Gasteiger partial charge in [-0.3, -0.25) is 0 Å². The molecule has 0 aromatic heterocycles. The number of hydrogen-bond acceptors (Lipinski definition) is 4. The molecule has 1 atom stereocenters. The average molecular weight is 378 g/mol. The first-order chi connectivity index (χ1) is 12.9. The maximum absolute atomic E-state index is 12.6. The largest absolute Gasteiger partial charge is 0.508 e. The molecule has 1 aromatic rings. The molecule has 2 rings (SSSR count). The molecule has 1 aromatic carbocycles. The van der Waals surface area contributed by atoms with Gasteiger partial charge in [0.2, 0.25) is 0 Å². The van der Waals surface area contributed by atoms with E-state index >= 15 is 0 Å². The summed E-state index contributed by atoms with van der Waals surface area (Å²) in [4.78, 5) is 27.7. The van der Waals surface area contributed by atoms with E-state index in [0.29, 0.717) is 44.6 Å². The highest BCUT2D eigenvalue weighted by atomic mass is 16.3. The predicted molar refractivity (Wildman–Crippen MR) is 103 cm³/mol. The first kappa shape index (κ1) is 20.8. The molecular weight excluding hydrogens is 348 g/mol. The number of hydrogen-bond donors (Lipinski definition) is 4. The predicted octanol–water partition coefficient (Wildman–Crippen LogP) is 1.65. The maximum atomic E-state index is 12.6. The van der Waals surface area contributed by atoms with Crippen LogP contribution in [0.1, 0.15) is 38.4 Å². The summed E-state index contributed by atoms with van der Waals surface area (Å²) in [6.07, 6.45) is 0.535. The van der Waals surface area contributed by atoms with E-state index in [2.05, 4.69) is 10.6 Å². The molecule has 0 spiro atoms. The maximum Gasteiger partial charge on any atom is 0.317 e. The van der Waals surface area contributed by atoms with Crippen LogP contribution in [0.4, 0.5) is 9.59 Å². The summed E-state index contributed by atoms with van der Waals surface area (Å²) in [5.74, 6) is 0.0814. The van der Waals surface area contributed by atoms with Crippen molar-refractivity contribution < 1.29 is 19.8 Å². The number of rotatable bonds is 6. The minimum absolute atomic E-state index is 0.00939. The van der Waals surface area contributed by atoms with Crippen molar-refractivity contribution in [2.75, 3.05) is 32.7 Å². The number of carbonyl (C=O) groups is 2. The van der Waals surface area contributed by atoms with Crippen LogP contribution in [0.3, 0.4) is 0 Å². The Balaban J connectivity index is 1.84. The van der Waals surface area contributed by atoms with Crippen molar-refractivity contribution in [2.24, 2.45) is 0 Å². The van der Waals surface area contributed by atoms with Gasteiger partial charge < -0.3 is 30.6 Å². The zero-order valence-electron chi connectivity index (χ0n) is 16.0. The number of aliphatic hydroxyl groups is 1. The monoisotopic (exact) mass is 378 g/mol. The molecule has 4 N–H and O–H groups in total. The molecule has 0 unspecified atom stereocenters. The molecule has 1 heterocycles. The zero-order valence-corrected chi connectivity index (χ0v) is 16.0. The standard InChI is InChI=1S/C19H30N4O4/c1-3-20-18(26)23-10-8-15(9-11-23)21-19(27)22(4-2)13-17(25)14-6-5-7-16(24)12-14/h5-7,12,15,17,24-25H,3-4,8-11,13H2,1-2H3,(H,20,26)(H,21,27)/t17-/m1/s1. The number of nitrogens with one attached hydrogen (secondary N) is 2. The Morgan fingerprint density at radius 3 is 2.59 bits per heavy atom. The Kier molecular flexibility index (Phi) is 7.72. The Morgan fingerprint density at radius 1 is 1.30 bits per heavy atom. The third-order valence-corrected chi connectivity index (χ3v) is 4.76. The Hall–Kier alpha value is -2.48. The lowest BCUT2D eigenvalue weighted by molar-refractivity contribution is 0.119.